The van der Waals surface area contributed by atoms with Crippen LogP contribution >= 0.6 is 0 Å². The molecule has 3 aromatic heterocycles. The Kier molecular flexibility index (Phi) is 8.51. The average Bonchev–Trinajstić information content (AvgIpc) is 3.24. The van der Waals surface area contributed by atoms with Crippen molar-refractivity contribution in [1.82, 2.24) is 34.9 Å². The molecule has 7 heteroatoms. The second-order valence-electron chi connectivity index (χ2n) is 13.2. The molecule has 250 valence electrons. The molecule has 0 spiro atoms. The Morgan fingerprint density at radius 2 is 1.29 bits per heavy atom. The molecule has 0 N–H and O–H groups in total. The molecule has 0 fully saturated rings. The van der Waals surface area contributed by atoms with Crippen molar-refractivity contribution in [2.75, 3.05) is 0 Å². The van der Waals surface area contributed by atoms with Crippen LogP contribution in [0, 0.1) is 0 Å². The number of fused-ring (bicyclic) bond motifs is 1. The molecule has 3 heterocycles. The van der Waals surface area contributed by atoms with Crippen LogP contribution in [0.3, 0.4) is 0 Å². The summed E-state index contributed by atoms with van der Waals surface area (Å²) < 4.78 is 0. The highest BCUT2D eigenvalue weighted by Gasteiger charge is 2.21. The first kappa shape index (κ1) is 31.5. The second kappa shape index (κ2) is 14.0. The number of benzene rings is 3. The first-order valence-electron chi connectivity index (χ1n) is 17.8. The Labute approximate surface area is 302 Å². The predicted molar refractivity (Wildman–Crippen MR) is 208 cm³/mol. The smallest absolute Gasteiger partial charge is 0.164 e. The van der Waals surface area contributed by atoms with E-state index >= 15 is 0 Å². The summed E-state index contributed by atoms with van der Waals surface area (Å²) in [6, 6.07) is 29.0. The quantitative estimate of drug-likeness (QED) is 0.167. The Morgan fingerprint density at radius 3 is 2.08 bits per heavy atom. The van der Waals surface area contributed by atoms with Crippen molar-refractivity contribution < 1.29 is 0 Å². The number of aromatic nitrogens is 7. The molecular weight excluding hydrogens is 639 g/mol. The van der Waals surface area contributed by atoms with Gasteiger partial charge in [0.15, 0.2) is 29.1 Å². The Bertz CT molecular complexity index is 2470. The van der Waals surface area contributed by atoms with Crippen LogP contribution < -0.4 is 0 Å². The molecule has 0 bridgehead atoms. The van der Waals surface area contributed by atoms with Crippen LogP contribution in [0.1, 0.15) is 60.6 Å². The van der Waals surface area contributed by atoms with Crippen molar-refractivity contribution in [3.63, 3.8) is 0 Å². The van der Waals surface area contributed by atoms with Crippen LogP contribution in [0.15, 0.2) is 152 Å². The zero-order valence-corrected chi connectivity index (χ0v) is 28.5. The summed E-state index contributed by atoms with van der Waals surface area (Å²) in [7, 11) is 0. The molecule has 0 amide bonds. The second-order valence-corrected chi connectivity index (χ2v) is 13.2. The minimum Gasteiger partial charge on any atom is -0.256 e. The van der Waals surface area contributed by atoms with E-state index in [1.807, 2.05) is 24.4 Å². The standard InChI is InChI=1S/C45H35N7/c1-4-12-30(13-5-1)35-18-10-19-37(28-35)44-49-40(31-14-6-2-7-15-31)47-42(51-44)33-21-23-34(24-22-33)43-48-41(32-16-8-3-9-17-32)50-45(52-43)38-25-26-39-36(29-38)20-11-27-46-39/h1-8,10-14,16,19-29,31,35H,9,15,17-18H2. The van der Waals surface area contributed by atoms with Gasteiger partial charge in [-0.05, 0) is 61.1 Å². The number of pyridine rings is 1. The van der Waals surface area contributed by atoms with Crippen LogP contribution in [-0.4, -0.2) is 34.9 Å². The zero-order chi connectivity index (χ0) is 34.7. The third-order valence-electron chi connectivity index (χ3n) is 9.72. The van der Waals surface area contributed by atoms with E-state index in [-0.39, 0.29) is 11.8 Å². The molecule has 3 aliphatic carbocycles. The summed E-state index contributed by atoms with van der Waals surface area (Å²) in [6.45, 7) is 0. The third kappa shape index (κ3) is 6.56. The summed E-state index contributed by atoms with van der Waals surface area (Å²) in [5.74, 6) is 4.41. The molecule has 6 aromatic rings. The van der Waals surface area contributed by atoms with Crippen molar-refractivity contribution in [2.24, 2.45) is 0 Å². The summed E-state index contributed by atoms with van der Waals surface area (Å²) in [5, 5.41) is 1.04. The highest BCUT2D eigenvalue weighted by Crippen LogP contribution is 2.33. The van der Waals surface area contributed by atoms with Gasteiger partial charge in [0.1, 0.15) is 5.82 Å². The molecule has 0 radical (unpaired) electrons. The molecule has 3 aliphatic rings. The topological polar surface area (TPSA) is 90.2 Å². The van der Waals surface area contributed by atoms with Gasteiger partial charge in [-0.1, -0.05) is 121 Å². The molecule has 3 aromatic carbocycles. The molecule has 7 nitrogen and oxygen atoms in total. The SMILES string of the molecule is C1=CCCC(c2nc(-c3ccc(-c4nc(C5=CC(c6ccccc6)CC=C5)nc(C5C=CC=CC5)n4)cc3)nc(-c3ccc4ncccc4c3)n2)=C1. The summed E-state index contributed by atoms with van der Waals surface area (Å²) >= 11 is 0. The Hall–Kier alpha value is -6.47. The monoisotopic (exact) mass is 673 g/mol. The van der Waals surface area contributed by atoms with Crippen molar-refractivity contribution >= 4 is 22.0 Å². The van der Waals surface area contributed by atoms with E-state index < -0.39 is 0 Å². The van der Waals surface area contributed by atoms with Crippen molar-refractivity contribution in [2.45, 2.75) is 37.5 Å². The van der Waals surface area contributed by atoms with Gasteiger partial charge in [0.2, 0.25) is 0 Å². The molecular formula is C45H35N7. The van der Waals surface area contributed by atoms with Crippen LogP contribution in [-0.2, 0) is 0 Å². The molecule has 2 atom stereocenters. The van der Waals surface area contributed by atoms with Crippen LogP contribution in [0.4, 0.5) is 0 Å². The number of hydrogen-bond acceptors (Lipinski definition) is 7. The molecule has 52 heavy (non-hydrogen) atoms. The lowest BCUT2D eigenvalue weighted by atomic mass is 9.89. The van der Waals surface area contributed by atoms with E-state index in [0.29, 0.717) is 29.1 Å². The summed E-state index contributed by atoms with van der Waals surface area (Å²) in [5.41, 5.74) is 7.05. The Balaban J connectivity index is 1.10. The van der Waals surface area contributed by atoms with Gasteiger partial charge < -0.3 is 0 Å². The minimum atomic E-state index is 0.0831. The van der Waals surface area contributed by atoms with E-state index in [4.69, 9.17) is 29.9 Å². The van der Waals surface area contributed by atoms with Gasteiger partial charge in [0.25, 0.3) is 0 Å². The largest absolute Gasteiger partial charge is 0.256 e. The number of nitrogens with zero attached hydrogens (tertiary/aromatic N) is 7. The number of allylic oxidation sites excluding steroid dienone is 12. The maximum absolute atomic E-state index is 5.06. The Morgan fingerprint density at radius 1 is 0.558 bits per heavy atom. The van der Waals surface area contributed by atoms with Gasteiger partial charge in [-0.3, -0.25) is 4.98 Å². The van der Waals surface area contributed by atoms with Gasteiger partial charge in [-0.25, -0.2) is 29.9 Å². The fourth-order valence-electron chi connectivity index (χ4n) is 6.90. The van der Waals surface area contributed by atoms with Crippen LogP contribution in [0.25, 0.3) is 56.2 Å². The third-order valence-corrected chi connectivity index (χ3v) is 9.72. The lowest BCUT2D eigenvalue weighted by Gasteiger charge is -2.18. The van der Waals surface area contributed by atoms with E-state index in [1.54, 1.807) is 0 Å². The normalized spacial score (nSPS) is 18.0. The molecule has 0 aliphatic heterocycles. The average molecular weight is 674 g/mol. The van der Waals surface area contributed by atoms with Crippen LogP contribution in [0.2, 0.25) is 0 Å². The first-order valence-corrected chi connectivity index (χ1v) is 17.8. The minimum absolute atomic E-state index is 0.0831. The fourth-order valence-corrected chi connectivity index (χ4v) is 6.90. The maximum atomic E-state index is 5.06. The summed E-state index contributed by atoms with van der Waals surface area (Å²) in [6.07, 6.45) is 26.9. The van der Waals surface area contributed by atoms with E-state index in [9.17, 15) is 0 Å². The molecule has 2 unspecified atom stereocenters. The van der Waals surface area contributed by atoms with E-state index in [1.165, 1.54) is 5.56 Å². The fraction of sp³-hybridized carbons (Fsp3) is 0.133. The van der Waals surface area contributed by atoms with Gasteiger partial charge in [0.05, 0.1) is 5.52 Å². The first-order chi connectivity index (χ1) is 25.7. The molecule has 0 saturated heterocycles. The van der Waals surface area contributed by atoms with Crippen molar-refractivity contribution in [3.05, 3.63) is 175 Å². The lowest BCUT2D eigenvalue weighted by Crippen LogP contribution is -2.10. The van der Waals surface area contributed by atoms with Gasteiger partial charge in [0, 0.05) is 45.7 Å². The number of rotatable bonds is 7. The zero-order valence-electron chi connectivity index (χ0n) is 28.5. The molecule has 9 rings (SSSR count). The van der Waals surface area contributed by atoms with Crippen molar-refractivity contribution in [3.8, 4) is 34.2 Å². The van der Waals surface area contributed by atoms with Gasteiger partial charge in [-0.15, -0.1) is 0 Å². The lowest BCUT2D eigenvalue weighted by molar-refractivity contribution is 0.755. The molecule has 0 saturated carbocycles. The van der Waals surface area contributed by atoms with Gasteiger partial charge in [-0.2, -0.15) is 0 Å². The van der Waals surface area contributed by atoms with E-state index in [2.05, 4.69) is 132 Å². The van der Waals surface area contributed by atoms with Gasteiger partial charge >= 0.3 is 0 Å². The highest BCUT2D eigenvalue weighted by atomic mass is 15.0. The van der Waals surface area contributed by atoms with Crippen LogP contribution in [0.5, 0.6) is 0 Å². The number of hydrogen-bond donors (Lipinski definition) is 0. The van der Waals surface area contributed by atoms with E-state index in [0.717, 1.165) is 70.2 Å². The maximum Gasteiger partial charge on any atom is 0.164 e. The predicted octanol–water partition coefficient (Wildman–Crippen LogP) is 10.1. The highest BCUT2D eigenvalue weighted by molar-refractivity contribution is 5.83. The van der Waals surface area contributed by atoms with Crippen molar-refractivity contribution in [1.29, 1.82) is 0 Å². The summed E-state index contributed by atoms with van der Waals surface area (Å²) in [4.78, 5) is 34.6.